The summed E-state index contributed by atoms with van der Waals surface area (Å²) in [5.41, 5.74) is 2.30. The monoisotopic (exact) mass is 347 g/mol. The molecule has 2 aliphatic rings. The van der Waals surface area contributed by atoms with E-state index >= 15 is 0 Å². The quantitative estimate of drug-likeness (QED) is 0.903. The lowest BCUT2D eigenvalue weighted by molar-refractivity contribution is 0.341. The first kappa shape index (κ1) is 16.1. The molecule has 24 heavy (non-hydrogen) atoms. The minimum absolute atomic E-state index is 0.313. The largest absolute Gasteiger partial charge is 0.324 e. The topological polar surface area (TPSA) is 64.0 Å². The number of hydrogen-bond donors (Lipinski definition) is 1. The van der Waals surface area contributed by atoms with Crippen LogP contribution in [0.1, 0.15) is 44.5 Å². The van der Waals surface area contributed by atoms with E-state index in [2.05, 4.69) is 35.0 Å². The molecule has 0 spiro atoms. The number of nitrogens with one attached hydrogen (secondary N) is 1. The maximum atomic E-state index is 11.6. The number of fused-ring (bicyclic) bond motifs is 1. The Morgan fingerprint density at radius 3 is 2.62 bits per heavy atom. The van der Waals surface area contributed by atoms with Gasteiger partial charge < -0.3 is 9.88 Å². The summed E-state index contributed by atoms with van der Waals surface area (Å²) in [5.74, 6) is 2.22. The number of rotatable bonds is 5. The van der Waals surface area contributed by atoms with Gasteiger partial charge in [-0.15, -0.1) is 0 Å². The SMILES string of the molecule is C[C@H](NCc1nc2ccccc2n1C1CC1)C1CCS(=O)(=O)CC1. The second-order valence-electron chi connectivity index (χ2n) is 7.28. The highest BCUT2D eigenvalue weighted by Gasteiger charge is 2.30. The summed E-state index contributed by atoms with van der Waals surface area (Å²) in [4.78, 5) is 4.82. The van der Waals surface area contributed by atoms with Gasteiger partial charge in [0.15, 0.2) is 0 Å². The zero-order valence-electron chi connectivity index (χ0n) is 14.1. The van der Waals surface area contributed by atoms with E-state index in [1.165, 1.54) is 18.4 Å². The van der Waals surface area contributed by atoms with E-state index in [4.69, 9.17) is 4.98 Å². The van der Waals surface area contributed by atoms with Crippen molar-refractivity contribution in [1.82, 2.24) is 14.9 Å². The van der Waals surface area contributed by atoms with Crippen LogP contribution in [0.4, 0.5) is 0 Å². The average Bonchev–Trinajstić information content (AvgIpc) is 3.33. The highest BCUT2D eigenvalue weighted by Crippen LogP contribution is 2.38. The van der Waals surface area contributed by atoms with Gasteiger partial charge in [-0.1, -0.05) is 12.1 Å². The van der Waals surface area contributed by atoms with Crippen molar-refractivity contribution in [3.05, 3.63) is 30.1 Å². The molecular formula is C18H25N3O2S. The Morgan fingerprint density at radius 1 is 1.21 bits per heavy atom. The van der Waals surface area contributed by atoms with Crippen molar-refractivity contribution in [1.29, 1.82) is 0 Å². The summed E-state index contributed by atoms with van der Waals surface area (Å²) < 4.78 is 25.6. The summed E-state index contributed by atoms with van der Waals surface area (Å²) in [5, 5.41) is 3.60. The molecule has 130 valence electrons. The minimum Gasteiger partial charge on any atom is -0.324 e. The number of hydrogen-bond acceptors (Lipinski definition) is 4. The summed E-state index contributed by atoms with van der Waals surface area (Å²) >= 11 is 0. The molecule has 0 unspecified atom stereocenters. The van der Waals surface area contributed by atoms with Crippen LogP contribution < -0.4 is 5.32 Å². The van der Waals surface area contributed by atoms with E-state index in [1.54, 1.807) is 0 Å². The van der Waals surface area contributed by atoms with Crippen molar-refractivity contribution in [3.8, 4) is 0 Å². The molecule has 1 saturated heterocycles. The third-order valence-electron chi connectivity index (χ3n) is 5.47. The van der Waals surface area contributed by atoms with Crippen LogP contribution in [0.15, 0.2) is 24.3 Å². The fourth-order valence-electron chi connectivity index (χ4n) is 3.79. The third kappa shape index (κ3) is 3.22. The lowest BCUT2D eigenvalue weighted by Crippen LogP contribution is -2.38. The fourth-order valence-corrected chi connectivity index (χ4v) is 5.31. The van der Waals surface area contributed by atoms with E-state index in [1.807, 2.05) is 6.07 Å². The van der Waals surface area contributed by atoms with Crippen LogP contribution in [-0.4, -0.2) is 35.5 Å². The molecule has 6 heteroatoms. The number of para-hydroxylation sites is 2. The molecule has 1 aliphatic carbocycles. The van der Waals surface area contributed by atoms with E-state index in [9.17, 15) is 8.42 Å². The van der Waals surface area contributed by atoms with Crippen molar-refractivity contribution in [3.63, 3.8) is 0 Å². The van der Waals surface area contributed by atoms with Gasteiger partial charge in [0, 0.05) is 12.1 Å². The lowest BCUT2D eigenvalue weighted by atomic mass is 9.95. The average molecular weight is 347 g/mol. The molecule has 1 atom stereocenters. The van der Waals surface area contributed by atoms with Gasteiger partial charge in [0.1, 0.15) is 15.7 Å². The maximum absolute atomic E-state index is 11.6. The number of benzene rings is 1. The summed E-state index contributed by atoms with van der Waals surface area (Å²) in [6.07, 6.45) is 4.03. The molecular weight excluding hydrogens is 322 g/mol. The first-order valence-corrected chi connectivity index (χ1v) is 10.8. The Morgan fingerprint density at radius 2 is 1.92 bits per heavy atom. The molecule has 1 aromatic carbocycles. The first-order chi connectivity index (χ1) is 11.5. The van der Waals surface area contributed by atoms with Crippen molar-refractivity contribution in [2.75, 3.05) is 11.5 Å². The molecule has 1 aliphatic heterocycles. The van der Waals surface area contributed by atoms with Crippen LogP contribution in [0.5, 0.6) is 0 Å². The van der Waals surface area contributed by atoms with Gasteiger partial charge >= 0.3 is 0 Å². The van der Waals surface area contributed by atoms with Gasteiger partial charge in [0.25, 0.3) is 0 Å². The molecule has 1 N–H and O–H groups in total. The summed E-state index contributed by atoms with van der Waals surface area (Å²) in [6.45, 7) is 2.92. The van der Waals surface area contributed by atoms with Crippen molar-refractivity contribution < 1.29 is 8.42 Å². The number of aromatic nitrogens is 2. The van der Waals surface area contributed by atoms with Gasteiger partial charge in [0.2, 0.25) is 0 Å². The molecule has 5 nitrogen and oxygen atoms in total. The van der Waals surface area contributed by atoms with Gasteiger partial charge in [0.05, 0.1) is 29.1 Å². The molecule has 0 radical (unpaired) electrons. The zero-order chi connectivity index (χ0) is 16.7. The zero-order valence-corrected chi connectivity index (χ0v) is 14.9. The molecule has 4 rings (SSSR count). The Labute approximate surface area is 143 Å². The van der Waals surface area contributed by atoms with Crippen molar-refractivity contribution in [2.24, 2.45) is 5.92 Å². The van der Waals surface area contributed by atoms with Crippen LogP contribution in [-0.2, 0) is 16.4 Å². The Bertz CT molecular complexity index is 825. The van der Waals surface area contributed by atoms with E-state index < -0.39 is 9.84 Å². The van der Waals surface area contributed by atoms with Gasteiger partial charge in [-0.05, 0) is 50.7 Å². The fraction of sp³-hybridized carbons (Fsp3) is 0.611. The molecule has 2 fully saturated rings. The Hall–Kier alpha value is -1.40. The van der Waals surface area contributed by atoms with Crippen molar-refractivity contribution >= 4 is 20.9 Å². The molecule has 1 saturated carbocycles. The van der Waals surface area contributed by atoms with Crippen molar-refractivity contribution in [2.45, 2.75) is 51.2 Å². The summed E-state index contributed by atoms with van der Waals surface area (Å²) in [7, 11) is -2.79. The minimum atomic E-state index is -2.79. The van der Waals surface area contributed by atoms with Crippen LogP contribution in [0, 0.1) is 5.92 Å². The number of imidazole rings is 1. The van der Waals surface area contributed by atoms with Crippen LogP contribution in [0.3, 0.4) is 0 Å². The second kappa shape index (κ2) is 6.15. The summed E-state index contributed by atoms with van der Waals surface area (Å²) in [6, 6.07) is 9.25. The molecule has 0 bridgehead atoms. The third-order valence-corrected chi connectivity index (χ3v) is 7.18. The molecule has 2 heterocycles. The van der Waals surface area contributed by atoms with Crippen LogP contribution in [0.25, 0.3) is 11.0 Å². The normalized spacial score (nSPS) is 22.7. The van der Waals surface area contributed by atoms with E-state index in [-0.39, 0.29) is 0 Å². The highest BCUT2D eigenvalue weighted by molar-refractivity contribution is 7.91. The lowest BCUT2D eigenvalue weighted by Gasteiger charge is -2.28. The van der Waals surface area contributed by atoms with Gasteiger partial charge in [-0.2, -0.15) is 0 Å². The molecule has 2 aromatic rings. The first-order valence-electron chi connectivity index (χ1n) is 8.93. The molecule has 0 amide bonds. The number of nitrogens with zero attached hydrogens (tertiary/aromatic N) is 2. The standard InChI is InChI=1S/C18H25N3O2S/c1-13(14-8-10-24(22,23)11-9-14)19-12-18-20-16-4-2-3-5-17(16)21(18)15-6-7-15/h2-5,13-15,19H,6-12H2,1H3/t13-/m0/s1. The smallest absolute Gasteiger partial charge is 0.150 e. The maximum Gasteiger partial charge on any atom is 0.150 e. The van der Waals surface area contributed by atoms with Crippen LogP contribution >= 0.6 is 0 Å². The second-order valence-corrected chi connectivity index (χ2v) is 9.58. The Kier molecular flexibility index (Phi) is 4.12. The van der Waals surface area contributed by atoms with Crippen LogP contribution in [0.2, 0.25) is 0 Å². The molecule has 1 aromatic heterocycles. The Balaban J connectivity index is 1.46. The predicted octanol–water partition coefficient (Wildman–Crippen LogP) is 2.67. The van der Waals surface area contributed by atoms with Gasteiger partial charge in [-0.25, -0.2) is 13.4 Å². The van der Waals surface area contributed by atoms with E-state index in [0.29, 0.717) is 29.5 Å². The number of sulfone groups is 1. The predicted molar refractivity (Wildman–Crippen MR) is 95.7 cm³/mol. The van der Waals surface area contributed by atoms with E-state index in [0.717, 1.165) is 30.7 Å². The highest BCUT2D eigenvalue weighted by atomic mass is 32.2. The van der Waals surface area contributed by atoms with Gasteiger partial charge in [-0.3, -0.25) is 0 Å².